The summed E-state index contributed by atoms with van der Waals surface area (Å²) in [4.78, 5) is 46.5. The van der Waals surface area contributed by atoms with E-state index in [1.54, 1.807) is 30.3 Å². The quantitative estimate of drug-likeness (QED) is 0.234. The summed E-state index contributed by atoms with van der Waals surface area (Å²) in [5.74, 6) is -2.94. The van der Waals surface area contributed by atoms with E-state index in [1.165, 1.54) is 30.3 Å². The highest BCUT2D eigenvalue weighted by molar-refractivity contribution is 6.73. The number of fused-ring (bicyclic) bond motifs is 1. The number of alkyl halides is 2. The molecule has 13 heteroatoms. The van der Waals surface area contributed by atoms with Crippen molar-refractivity contribution in [2.75, 3.05) is 19.0 Å². The van der Waals surface area contributed by atoms with Gasteiger partial charge in [0.2, 0.25) is 11.8 Å². The Morgan fingerprint density at radius 1 is 1.00 bits per heavy atom. The number of nitrogens with zero attached hydrogens (tertiary/aromatic N) is 3. The third-order valence-corrected chi connectivity index (χ3v) is 14.8. The van der Waals surface area contributed by atoms with Crippen LogP contribution in [-0.2, 0) is 19.4 Å². The van der Waals surface area contributed by atoms with Crippen LogP contribution < -0.4 is 10.1 Å². The van der Waals surface area contributed by atoms with Crippen LogP contribution in [0.15, 0.2) is 48.7 Å². The third-order valence-electron chi connectivity index (χ3n) is 10.1. The van der Waals surface area contributed by atoms with Crippen molar-refractivity contribution < 1.29 is 37.4 Å². The van der Waals surface area contributed by atoms with Gasteiger partial charge in [0.25, 0.3) is 5.91 Å². The van der Waals surface area contributed by atoms with Crippen LogP contribution in [0.2, 0.25) is 18.1 Å². The first-order chi connectivity index (χ1) is 21.9. The number of carbonyl (C=O) groups is 3. The Morgan fingerprint density at radius 3 is 2.24 bits per heavy atom. The van der Waals surface area contributed by atoms with Crippen molar-refractivity contribution >= 4 is 43.1 Å². The van der Waals surface area contributed by atoms with E-state index < -0.39 is 56.6 Å². The van der Waals surface area contributed by atoms with Gasteiger partial charge >= 0.3 is 6.09 Å². The zero-order chi connectivity index (χ0) is 33.3. The Bertz CT molecular complexity index is 1570. The van der Waals surface area contributed by atoms with E-state index in [0.717, 1.165) is 22.7 Å². The van der Waals surface area contributed by atoms with E-state index in [0.29, 0.717) is 28.8 Å². The minimum absolute atomic E-state index is 0.0577. The molecule has 1 aliphatic carbocycles. The molecule has 2 fully saturated rings. The van der Waals surface area contributed by atoms with Crippen LogP contribution in [0.1, 0.15) is 58.4 Å². The number of carboxylic acid groups (broad SMARTS) is 1. The van der Waals surface area contributed by atoms with Crippen LogP contribution in [0.5, 0.6) is 5.75 Å². The van der Waals surface area contributed by atoms with E-state index in [2.05, 4.69) is 31.1 Å². The molecule has 3 heterocycles. The van der Waals surface area contributed by atoms with Crippen LogP contribution in [0.25, 0.3) is 11.0 Å². The van der Waals surface area contributed by atoms with Gasteiger partial charge in [0.15, 0.2) is 8.32 Å². The lowest BCUT2D eigenvalue weighted by Gasteiger charge is -2.43. The van der Waals surface area contributed by atoms with Crippen LogP contribution >= 0.6 is 0 Å². The highest BCUT2D eigenvalue weighted by Gasteiger charge is 2.54. The van der Waals surface area contributed by atoms with Crippen molar-refractivity contribution in [2.24, 2.45) is 0 Å². The molecule has 0 unspecified atom stereocenters. The zero-order valence-electron chi connectivity index (χ0n) is 26.7. The third kappa shape index (κ3) is 6.26. The van der Waals surface area contributed by atoms with Crippen molar-refractivity contribution in [3.8, 4) is 5.75 Å². The summed E-state index contributed by atoms with van der Waals surface area (Å²) in [6, 6.07) is 13.1. The maximum absolute atomic E-state index is 14.8. The number of halogens is 2. The van der Waals surface area contributed by atoms with Crippen LogP contribution in [-0.4, -0.2) is 77.5 Å². The van der Waals surface area contributed by atoms with Crippen LogP contribution in [0.4, 0.5) is 19.4 Å². The van der Waals surface area contributed by atoms with Gasteiger partial charge in [0.05, 0.1) is 29.7 Å². The summed E-state index contributed by atoms with van der Waals surface area (Å²) >= 11 is 0. The number of amides is 2. The monoisotopic (exact) mass is 656 g/mol. The summed E-state index contributed by atoms with van der Waals surface area (Å²) in [5, 5.41) is 12.3. The topological polar surface area (TPSA) is 123 Å². The fourth-order valence-electron chi connectivity index (χ4n) is 7.06. The van der Waals surface area contributed by atoms with Gasteiger partial charge < -0.3 is 24.5 Å². The molecule has 5 rings (SSSR count). The van der Waals surface area contributed by atoms with Crippen LogP contribution in [0, 0.1) is 0 Å². The number of likely N-dealkylation sites (tertiary alicyclic amines) is 1. The maximum atomic E-state index is 14.8. The van der Waals surface area contributed by atoms with Gasteiger partial charge in [-0.15, -0.1) is 0 Å². The summed E-state index contributed by atoms with van der Waals surface area (Å²) in [6.07, 6.45) is -0.916. The van der Waals surface area contributed by atoms with E-state index >= 15 is 0 Å². The van der Waals surface area contributed by atoms with Crippen LogP contribution in [0.3, 0.4) is 0 Å². The predicted molar refractivity (Wildman–Crippen MR) is 172 cm³/mol. The molecule has 3 aromatic rings. The first kappa shape index (κ1) is 33.5. The second-order valence-corrected chi connectivity index (χ2v) is 17.1. The minimum atomic E-state index is -2.87. The van der Waals surface area contributed by atoms with E-state index in [-0.39, 0.29) is 31.1 Å². The number of rotatable bonds is 10. The molecule has 2 amide bonds. The number of pyridine rings is 1. The van der Waals surface area contributed by atoms with Crippen molar-refractivity contribution in [3.05, 3.63) is 54.2 Å². The fraction of sp³-hybridized carbons (Fsp3) is 0.515. The lowest BCUT2D eigenvalue weighted by Crippen LogP contribution is -2.57. The largest absolute Gasteiger partial charge is 0.497 e. The molecule has 1 saturated carbocycles. The summed E-state index contributed by atoms with van der Waals surface area (Å²) in [6.45, 7) is 6.52. The van der Waals surface area contributed by atoms with Crippen molar-refractivity contribution in [1.82, 2.24) is 14.5 Å². The first-order valence-corrected chi connectivity index (χ1v) is 18.5. The SMILES string of the molecule is CC[Si](CC)(CC)O[C@@H]1CCN(C(=O)C2(c3ccc(OC)cc3)CCC(F)(F)CC2)[C@H]1C(=O)Nc1ccc2c(ccn2C(=O)O)n1. The first-order valence-electron chi connectivity index (χ1n) is 15.9. The van der Waals surface area contributed by atoms with Gasteiger partial charge in [0.1, 0.15) is 17.6 Å². The molecule has 0 bridgehead atoms. The molecule has 0 spiro atoms. The normalized spacial score (nSPS) is 20.9. The average Bonchev–Trinajstić information content (AvgIpc) is 3.68. The molecule has 1 aliphatic heterocycles. The maximum Gasteiger partial charge on any atom is 0.416 e. The molecule has 2 aliphatic rings. The van der Waals surface area contributed by atoms with E-state index in [1.807, 2.05) is 0 Å². The Hall–Kier alpha value is -3.84. The lowest BCUT2D eigenvalue weighted by molar-refractivity contribution is -0.147. The number of benzene rings is 1. The van der Waals surface area contributed by atoms with Crippen molar-refractivity contribution in [1.29, 1.82) is 0 Å². The van der Waals surface area contributed by atoms with Gasteiger partial charge in [-0.05, 0) is 73.3 Å². The molecule has 10 nitrogen and oxygen atoms in total. The Labute approximate surface area is 268 Å². The molecule has 2 atom stereocenters. The Morgan fingerprint density at radius 2 is 1.65 bits per heavy atom. The number of nitrogens with one attached hydrogen (secondary N) is 1. The molecule has 2 N–H and O–H groups in total. The highest BCUT2D eigenvalue weighted by atomic mass is 28.4. The van der Waals surface area contributed by atoms with Gasteiger partial charge in [-0.25, -0.2) is 18.6 Å². The summed E-state index contributed by atoms with van der Waals surface area (Å²) in [7, 11) is -0.695. The Kier molecular flexibility index (Phi) is 9.55. The summed E-state index contributed by atoms with van der Waals surface area (Å²) in [5.41, 5.74) is 0.118. The molecular weight excluding hydrogens is 614 g/mol. The second-order valence-electron chi connectivity index (χ2n) is 12.4. The average molecular weight is 657 g/mol. The number of methoxy groups -OCH3 is 1. The lowest BCUT2D eigenvalue weighted by atomic mass is 9.67. The smallest absolute Gasteiger partial charge is 0.416 e. The predicted octanol–water partition coefficient (Wildman–Crippen LogP) is 6.65. The van der Waals surface area contributed by atoms with Gasteiger partial charge in [0, 0.05) is 25.6 Å². The number of carbonyl (C=O) groups excluding carboxylic acids is 2. The number of aromatic nitrogens is 2. The highest BCUT2D eigenvalue weighted by Crippen LogP contribution is 2.48. The number of anilines is 1. The number of hydrogen-bond donors (Lipinski definition) is 2. The number of ether oxygens (including phenoxy) is 1. The molecule has 1 saturated heterocycles. The number of hydrogen-bond acceptors (Lipinski definition) is 6. The molecule has 2 aromatic heterocycles. The molecule has 248 valence electrons. The standard InChI is InChI=1S/C33H42F2N4O6Si/c1-5-46(6-2,7-3)45-26-15-21-39(28(26)29(40)37-27-13-12-25-24(36-27)14-20-38(25)31(42)43)30(41)32(16-18-33(34,35)19-17-32)22-8-10-23(44-4)11-9-22/h8-14,20,26,28H,5-7,15-19,21H2,1-4H3,(H,42,43)(H,36,37,40)/t26-,28-/m1/s1. The molecule has 46 heavy (non-hydrogen) atoms. The second kappa shape index (κ2) is 13.1. The molecular formula is C33H42F2N4O6Si. The molecule has 0 radical (unpaired) electrons. The molecule has 1 aromatic carbocycles. The minimum Gasteiger partial charge on any atom is -0.497 e. The Balaban J connectivity index is 1.51. The van der Waals surface area contributed by atoms with Crippen molar-refractivity contribution in [2.45, 2.75) is 94.5 Å². The van der Waals surface area contributed by atoms with E-state index in [9.17, 15) is 28.3 Å². The summed E-state index contributed by atoms with van der Waals surface area (Å²) < 4.78 is 42.2. The van der Waals surface area contributed by atoms with E-state index in [4.69, 9.17) is 9.16 Å². The van der Waals surface area contributed by atoms with Gasteiger partial charge in [-0.3, -0.25) is 14.2 Å². The fourth-order valence-corrected chi connectivity index (χ4v) is 9.95. The zero-order valence-corrected chi connectivity index (χ0v) is 27.7. The van der Waals surface area contributed by atoms with Gasteiger partial charge in [-0.1, -0.05) is 32.9 Å². The van der Waals surface area contributed by atoms with Gasteiger partial charge in [-0.2, -0.15) is 0 Å². The van der Waals surface area contributed by atoms with Crippen molar-refractivity contribution in [3.63, 3.8) is 0 Å².